The number of carbonyl (C=O) groups excluding carboxylic acids is 1. The normalized spacial score (nSPS) is 14.4. The third-order valence-corrected chi connectivity index (χ3v) is 4.83. The molecule has 1 amide bonds. The molecule has 2 aromatic heterocycles. The van der Waals surface area contributed by atoms with Gasteiger partial charge in [-0.05, 0) is 24.1 Å². The van der Waals surface area contributed by atoms with Crippen molar-refractivity contribution in [3.63, 3.8) is 0 Å². The molecule has 7 nitrogen and oxygen atoms in total. The zero-order valence-electron chi connectivity index (χ0n) is 15.1. The van der Waals surface area contributed by atoms with Crippen molar-refractivity contribution in [2.45, 2.75) is 12.8 Å². The Balaban J connectivity index is 1.29. The number of aryl methyl sites for hydroxylation is 1. The molecule has 1 aliphatic rings. The Morgan fingerprint density at radius 2 is 1.67 bits per heavy atom. The lowest BCUT2D eigenvalue weighted by atomic mass is 10.1. The SMILES string of the molecule is O=C(CCc1ccccc1)N1CCN(c2ccc(-n3ccnc3)nn2)CC1. The highest BCUT2D eigenvalue weighted by Gasteiger charge is 2.21. The molecule has 0 N–H and O–H groups in total. The van der Waals surface area contributed by atoms with Crippen LogP contribution in [0.5, 0.6) is 0 Å². The molecule has 4 rings (SSSR count). The van der Waals surface area contributed by atoms with Crippen LogP contribution in [-0.4, -0.2) is 56.7 Å². The number of carbonyl (C=O) groups is 1. The first-order chi connectivity index (χ1) is 13.3. The number of amides is 1. The van der Waals surface area contributed by atoms with Crippen LogP contribution in [0.25, 0.3) is 5.82 Å². The van der Waals surface area contributed by atoms with Gasteiger partial charge in [0.25, 0.3) is 0 Å². The fourth-order valence-electron chi connectivity index (χ4n) is 3.26. The van der Waals surface area contributed by atoms with Gasteiger partial charge >= 0.3 is 0 Å². The van der Waals surface area contributed by atoms with Gasteiger partial charge in [0.1, 0.15) is 6.33 Å². The molecule has 1 fully saturated rings. The third kappa shape index (κ3) is 4.13. The number of piperazine rings is 1. The van der Waals surface area contributed by atoms with Gasteiger partial charge in [-0.3, -0.25) is 9.36 Å². The number of hydrogen-bond donors (Lipinski definition) is 0. The highest BCUT2D eigenvalue weighted by atomic mass is 16.2. The number of aromatic nitrogens is 4. The van der Waals surface area contributed by atoms with Crippen LogP contribution in [0.4, 0.5) is 5.82 Å². The molecule has 0 unspecified atom stereocenters. The third-order valence-electron chi connectivity index (χ3n) is 4.83. The van der Waals surface area contributed by atoms with Crippen LogP contribution in [0.3, 0.4) is 0 Å². The summed E-state index contributed by atoms with van der Waals surface area (Å²) in [5.74, 6) is 1.81. The zero-order valence-corrected chi connectivity index (χ0v) is 15.1. The molecule has 0 saturated carbocycles. The number of anilines is 1. The summed E-state index contributed by atoms with van der Waals surface area (Å²) in [4.78, 5) is 20.6. The van der Waals surface area contributed by atoms with Crippen LogP contribution in [0.15, 0.2) is 61.2 Å². The van der Waals surface area contributed by atoms with Crippen molar-refractivity contribution in [3.05, 3.63) is 66.7 Å². The Kier molecular flexibility index (Phi) is 5.09. The summed E-state index contributed by atoms with van der Waals surface area (Å²) in [5, 5.41) is 8.59. The van der Waals surface area contributed by atoms with Gasteiger partial charge < -0.3 is 9.80 Å². The molecule has 0 atom stereocenters. The van der Waals surface area contributed by atoms with Gasteiger partial charge in [-0.25, -0.2) is 4.98 Å². The topological polar surface area (TPSA) is 67.2 Å². The van der Waals surface area contributed by atoms with Gasteiger partial charge in [-0.2, -0.15) is 0 Å². The molecule has 3 heterocycles. The van der Waals surface area contributed by atoms with Crippen molar-refractivity contribution in [2.24, 2.45) is 0 Å². The molecule has 0 bridgehead atoms. The van der Waals surface area contributed by atoms with E-state index in [1.54, 1.807) is 12.5 Å². The molecule has 0 spiro atoms. The molecule has 0 aliphatic carbocycles. The van der Waals surface area contributed by atoms with Gasteiger partial charge in [0, 0.05) is 45.0 Å². The van der Waals surface area contributed by atoms with E-state index in [-0.39, 0.29) is 5.91 Å². The first kappa shape index (κ1) is 17.2. The summed E-state index contributed by atoms with van der Waals surface area (Å²) in [6.45, 7) is 2.99. The monoisotopic (exact) mass is 362 g/mol. The molecule has 138 valence electrons. The fourth-order valence-corrected chi connectivity index (χ4v) is 3.26. The molecular weight excluding hydrogens is 340 g/mol. The van der Waals surface area contributed by atoms with Crippen molar-refractivity contribution in [2.75, 3.05) is 31.1 Å². The average molecular weight is 362 g/mol. The fraction of sp³-hybridized carbons (Fsp3) is 0.300. The molecule has 27 heavy (non-hydrogen) atoms. The van der Waals surface area contributed by atoms with Gasteiger partial charge in [0.15, 0.2) is 11.6 Å². The summed E-state index contributed by atoms with van der Waals surface area (Å²) in [7, 11) is 0. The van der Waals surface area contributed by atoms with Crippen LogP contribution in [0, 0.1) is 0 Å². The standard InChI is InChI=1S/C20H22N6O/c27-20(9-6-17-4-2-1-3-5-17)25-14-12-24(13-15-25)18-7-8-19(23-22-18)26-11-10-21-16-26/h1-5,7-8,10-11,16H,6,9,12-15H2. The van der Waals surface area contributed by atoms with Crippen LogP contribution >= 0.6 is 0 Å². The Hall–Kier alpha value is -3.22. The van der Waals surface area contributed by atoms with Crippen molar-refractivity contribution in [3.8, 4) is 5.82 Å². The van der Waals surface area contributed by atoms with Crippen molar-refractivity contribution < 1.29 is 4.79 Å². The molecule has 1 aliphatic heterocycles. The van der Waals surface area contributed by atoms with E-state index in [1.807, 2.05) is 46.0 Å². The average Bonchev–Trinajstić information content (AvgIpc) is 3.28. The lowest BCUT2D eigenvalue weighted by Crippen LogP contribution is -2.49. The van der Waals surface area contributed by atoms with E-state index in [4.69, 9.17) is 0 Å². The van der Waals surface area contributed by atoms with Crippen LogP contribution in [-0.2, 0) is 11.2 Å². The van der Waals surface area contributed by atoms with E-state index in [9.17, 15) is 4.79 Å². The van der Waals surface area contributed by atoms with Gasteiger partial charge in [0.2, 0.25) is 5.91 Å². The zero-order chi connectivity index (χ0) is 18.5. The Morgan fingerprint density at radius 3 is 2.33 bits per heavy atom. The highest BCUT2D eigenvalue weighted by molar-refractivity contribution is 5.76. The minimum absolute atomic E-state index is 0.222. The van der Waals surface area contributed by atoms with Gasteiger partial charge in [-0.15, -0.1) is 10.2 Å². The predicted octanol–water partition coefficient (Wildman–Crippen LogP) is 1.94. The summed E-state index contributed by atoms with van der Waals surface area (Å²) in [6, 6.07) is 14.1. The Labute approximate surface area is 158 Å². The quantitative estimate of drug-likeness (QED) is 0.694. The second-order valence-corrected chi connectivity index (χ2v) is 6.57. The summed E-state index contributed by atoms with van der Waals surface area (Å²) in [6.07, 6.45) is 6.60. The summed E-state index contributed by atoms with van der Waals surface area (Å²) < 4.78 is 1.82. The van der Waals surface area contributed by atoms with E-state index in [0.717, 1.165) is 44.2 Å². The highest BCUT2D eigenvalue weighted by Crippen LogP contribution is 2.15. The van der Waals surface area contributed by atoms with E-state index >= 15 is 0 Å². The van der Waals surface area contributed by atoms with Crippen LogP contribution < -0.4 is 4.90 Å². The smallest absolute Gasteiger partial charge is 0.223 e. The predicted molar refractivity (Wildman–Crippen MR) is 103 cm³/mol. The molecule has 3 aromatic rings. The Bertz CT molecular complexity index is 855. The van der Waals surface area contributed by atoms with Crippen molar-refractivity contribution in [1.82, 2.24) is 24.6 Å². The van der Waals surface area contributed by atoms with Crippen LogP contribution in [0.2, 0.25) is 0 Å². The number of nitrogens with zero attached hydrogens (tertiary/aromatic N) is 6. The maximum Gasteiger partial charge on any atom is 0.223 e. The number of imidazole rings is 1. The minimum Gasteiger partial charge on any atom is -0.352 e. The summed E-state index contributed by atoms with van der Waals surface area (Å²) in [5.41, 5.74) is 1.21. The number of rotatable bonds is 5. The van der Waals surface area contributed by atoms with Gasteiger partial charge in [0.05, 0.1) is 0 Å². The molecule has 0 radical (unpaired) electrons. The second kappa shape index (κ2) is 7.99. The minimum atomic E-state index is 0.222. The second-order valence-electron chi connectivity index (χ2n) is 6.57. The molecule has 1 saturated heterocycles. The number of hydrogen-bond acceptors (Lipinski definition) is 5. The van der Waals surface area contributed by atoms with E-state index < -0.39 is 0 Å². The maximum absolute atomic E-state index is 12.5. The lowest BCUT2D eigenvalue weighted by Gasteiger charge is -2.35. The van der Waals surface area contributed by atoms with E-state index in [0.29, 0.717) is 6.42 Å². The lowest BCUT2D eigenvalue weighted by molar-refractivity contribution is -0.131. The molecule has 1 aromatic carbocycles. The summed E-state index contributed by atoms with van der Waals surface area (Å²) >= 11 is 0. The van der Waals surface area contributed by atoms with Crippen molar-refractivity contribution >= 4 is 11.7 Å². The molecule has 7 heteroatoms. The van der Waals surface area contributed by atoms with Gasteiger partial charge in [-0.1, -0.05) is 30.3 Å². The first-order valence-corrected chi connectivity index (χ1v) is 9.18. The van der Waals surface area contributed by atoms with Crippen LogP contribution in [0.1, 0.15) is 12.0 Å². The first-order valence-electron chi connectivity index (χ1n) is 9.18. The maximum atomic E-state index is 12.5. The van der Waals surface area contributed by atoms with E-state index in [1.165, 1.54) is 5.56 Å². The number of benzene rings is 1. The van der Waals surface area contributed by atoms with Crippen molar-refractivity contribution in [1.29, 1.82) is 0 Å². The van der Waals surface area contributed by atoms with E-state index in [2.05, 4.69) is 32.2 Å². The Morgan fingerprint density at radius 1 is 0.926 bits per heavy atom. The molecular formula is C20H22N6O. The largest absolute Gasteiger partial charge is 0.352 e.